The number of hydrogen-bond donors (Lipinski definition) is 1. The van der Waals surface area contributed by atoms with Crippen molar-refractivity contribution in [1.82, 2.24) is 4.90 Å². The lowest BCUT2D eigenvalue weighted by Crippen LogP contribution is -2.36. The van der Waals surface area contributed by atoms with Crippen molar-refractivity contribution in [2.45, 2.75) is 25.0 Å². The number of likely N-dealkylation sites (N-methyl/N-ethyl adjacent to an activating group) is 1. The Labute approximate surface area is 124 Å². The van der Waals surface area contributed by atoms with Crippen LogP contribution in [0.4, 0.5) is 0 Å². The van der Waals surface area contributed by atoms with Crippen LogP contribution < -0.4 is 5.73 Å². The molecular weight excluding hydrogens is 283 g/mol. The molecule has 0 radical (unpaired) electrons. The number of hydrogen-bond acceptors (Lipinski definition) is 3. The van der Waals surface area contributed by atoms with Crippen LogP contribution in [0.25, 0.3) is 0 Å². The lowest BCUT2D eigenvalue weighted by atomic mass is 10.0. The first-order chi connectivity index (χ1) is 9.13. The van der Waals surface area contributed by atoms with Crippen LogP contribution in [0.2, 0.25) is 10.0 Å². The second-order valence-electron chi connectivity index (χ2n) is 4.97. The average Bonchev–Trinajstić information content (AvgIpc) is 2.88. The van der Waals surface area contributed by atoms with Gasteiger partial charge >= 0.3 is 0 Å². The summed E-state index contributed by atoms with van der Waals surface area (Å²) in [5, 5.41) is 1.17. The van der Waals surface area contributed by atoms with E-state index in [1.165, 1.54) is 0 Å². The number of rotatable bonds is 5. The van der Waals surface area contributed by atoms with Crippen molar-refractivity contribution >= 4 is 23.2 Å². The Hall–Kier alpha value is -0.320. The van der Waals surface area contributed by atoms with E-state index < -0.39 is 0 Å². The van der Waals surface area contributed by atoms with Gasteiger partial charge < -0.3 is 10.5 Å². The maximum absolute atomic E-state index is 6.28. The molecule has 0 bridgehead atoms. The molecule has 3 nitrogen and oxygen atoms in total. The van der Waals surface area contributed by atoms with Crippen molar-refractivity contribution in [3.63, 3.8) is 0 Å². The lowest BCUT2D eigenvalue weighted by molar-refractivity contribution is 0.0689. The Balaban J connectivity index is 2.11. The maximum Gasteiger partial charge on any atom is 0.0702 e. The Morgan fingerprint density at radius 2 is 2.26 bits per heavy atom. The number of halogens is 2. The molecule has 1 aromatic rings. The van der Waals surface area contributed by atoms with Gasteiger partial charge in [0, 0.05) is 25.7 Å². The van der Waals surface area contributed by atoms with E-state index in [4.69, 9.17) is 33.7 Å². The summed E-state index contributed by atoms with van der Waals surface area (Å²) in [6.45, 7) is 2.23. The molecule has 1 aromatic carbocycles. The Morgan fingerprint density at radius 3 is 2.89 bits per heavy atom. The van der Waals surface area contributed by atoms with Gasteiger partial charge in [-0.2, -0.15) is 0 Å². The zero-order chi connectivity index (χ0) is 13.8. The smallest absolute Gasteiger partial charge is 0.0702 e. The third-order valence-corrected chi connectivity index (χ3v) is 4.44. The first-order valence-electron chi connectivity index (χ1n) is 6.59. The maximum atomic E-state index is 6.28. The molecule has 5 heteroatoms. The first-order valence-corrected chi connectivity index (χ1v) is 7.35. The standard InChI is InChI=1S/C14H20Cl2N2O/c1-18(9-10-4-3-7-19-10)13(8-17)11-5-2-6-12(15)14(11)16/h2,5-6,10,13H,3-4,7-9,17H2,1H3. The third kappa shape index (κ3) is 3.61. The zero-order valence-corrected chi connectivity index (χ0v) is 12.6. The topological polar surface area (TPSA) is 38.5 Å². The van der Waals surface area contributed by atoms with Gasteiger partial charge in [-0.05, 0) is 31.5 Å². The molecule has 0 spiro atoms. The van der Waals surface area contributed by atoms with Gasteiger partial charge in [0.1, 0.15) is 0 Å². The van der Waals surface area contributed by atoms with E-state index in [2.05, 4.69) is 11.9 Å². The summed E-state index contributed by atoms with van der Waals surface area (Å²) in [5.41, 5.74) is 6.90. The summed E-state index contributed by atoms with van der Waals surface area (Å²) in [6, 6.07) is 5.75. The second-order valence-corrected chi connectivity index (χ2v) is 5.75. The summed E-state index contributed by atoms with van der Waals surface area (Å²) in [5.74, 6) is 0. The van der Waals surface area contributed by atoms with E-state index in [0.29, 0.717) is 22.7 Å². The molecule has 0 aromatic heterocycles. The van der Waals surface area contributed by atoms with Gasteiger partial charge in [0.15, 0.2) is 0 Å². The van der Waals surface area contributed by atoms with Crippen LogP contribution >= 0.6 is 23.2 Å². The van der Waals surface area contributed by atoms with Crippen LogP contribution in [-0.2, 0) is 4.74 Å². The van der Waals surface area contributed by atoms with Gasteiger partial charge in [-0.25, -0.2) is 0 Å². The summed E-state index contributed by atoms with van der Waals surface area (Å²) in [7, 11) is 2.05. The third-order valence-electron chi connectivity index (χ3n) is 3.61. The number of benzene rings is 1. The van der Waals surface area contributed by atoms with Crippen molar-refractivity contribution in [3.05, 3.63) is 33.8 Å². The highest BCUT2D eigenvalue weighted by molar-refractivity contribution is 6.42. The molecule has 19 heavy (non-hydrogen) atoms. The van der Waals surface area contributed by atoms with Gasteiger partial charge in [0.2, 0.25) is 0 Å². The van der Waals surface area contributed by atoms with Crippen molar-refractivity contribution in [3.8, 4) is 0 Å². The minimum Gasteiger partial charge on any atom is -0.377 e. The van der Waals surface area contributed by atoms with Crippen LogP contribution in [-0.4, -0.2) is 37.7 Å². The Bertz CT molecular complexity index is 422. The minimum atomic E-state index is 0.0652. The number of ether oxygens (including phenoxy) is 1. The van der Waals surface area contributed by atoms with Crippen molar-refractivity contribution in [2.75, 3.05) is 26.7 Å². The van der Waals surface area contributed by atoms with Crippen LogP contribution in [0, 0.1) is 0 Å². The summed E-state index contributed by atoms with van der Waals surface area (Å²) >= 11 is 12.4. The predicted octanol–water partition coefficient (Wildman–Crippen LogP) is 3.10. The van der Waals surface area contributed by atoms with Gasteiger partial charge in [0.25, 0.3) is 0 Å². The Morgan fingerprint density at radius 1 is 1.47 bits per heavy atom. The second kappa shape index (κ2) is 6.91. The number of nitrogens with zero attached hydrogens (tertiary/aromatic N) is 1. The van der Waals surface area contributed by atoms with Crippen LogP contribution in [0.5, 0.6) is 0 Å². The average molecular weight is 303 g/mol. The monoisotopic (exact) mass is 302 g/mol. The SMILES string of the molecule is CN(CC1CCCO1)C(CN)c1cccc(Cl)c1Cl. The van der Waals surface area contributed by atoms with Crippen LogP contribution in [0.15, 0.2) is 18.2 Å². The predicted molar refractivity (Wildman–Crippen MR) is 79.9 cm³/mol. The molecule has 0 aliphatic carbocycles. The lowest BCUT2D eigenvalue weighted by Gasteiger charge is -2.30. The Kier molecular flexibility index (Phi) is 5.48. The van der Waals surface area contributed by atoms with Gasteiger partial charge in [-0.1, -0.05) is 35.3 Å². The molecule has 1 fully saturated rings. The fourth-order valence-electron chi connectivity index (χ4n) is 2.56. The van der Waals surface area contributed by atoms with Crippen molar-refractivity contribution in [1.29, 1.82) is 0 Å². The molecule has 2 N–H and O–H groups in total. The highest BCUT2D eigenvalue weighted by Crippen LogP contribution is 2.32. The molecule has 1 heterocycles. The van der Waals surface area contributed by atoms with E-state index in [1.54, 1.807) is 6.07 Å². The quantitative estimate of drug-likeness (QED) is 0.908. The molecule has 106 valence electrons. The highest BCUT2D eigenvalue weighted by atomic mass is 35.5. The largest absolute Gasteiger partial charge is 0.377 e. The molecule has 2 unspecified atom stereocenters. The van der Waals surface area contributed by atoms with E-state index in [9.17, 15) is 0 Å². The molecule has 2 rings (SSSR count). The summed E-state index contributed by atoms with van der Waals surface area (Å²) in [6.07, 6.45) is 2.56. The van der Waals surface area contributed by atoms with E-state index >= 15 is 0 Å². The molecule has 1 aliphatic rings. The fourth-order valence-corrected chi connectivity index (χ4v) is 2.99. The normalized spacial score (nSPS) is 21.0. The molecule has 1 saturated heterocycles. The van der Waals surface area contributed by atoms with Gasteiger partial charge in [-0.3, -0.25) is 4.90 Å². The zero-order valence-electron chi connectivity index (χ0n) is 11.1. The fraction of sp³-hybridized carbons (Fsp3) is 0.571. The van der Waals surface area contributed by atoms with Crippen molar-refractivity contribution < 1.29 is 4.74 Å². The molecule has 0 saturated carbocycles. The number of nitrogens with two attached hydrogens (primary N) is 1. The van der Waals surface area contributed by atoms with Gasteiger partial charge in [-0.15, -0.1) is 0 Å². The van der Waals surface area contributed by atoms with Gasteiger partial charge in [0.05, 0.1) is 16.1 Å². The van der Waals surface area contributed by atoms with E-state index in [0.717, 1.165) is 31.6 Å². The first kappa shape index (κ1) is 15.1. The molecule has 1 aliphatic heterocycles. The van der Waals surface area contributed by atoms with Crippen LogP contribution in [0.3, 0.4) is 0 Å². The van der Waals surface area contributed by atoms with E-state index in [1.807, 2.05) is 12.1 Å². The summed E-state index contributed by atoms with van der Waals surface area (Å²) < 4.78 is 5.67. The van der Waals surface area contributed by atoms with Crippen molar-refractivity contribution in [2.24, 2.45) is 5.73 Å². The highest BCUT2D eigenvalue weighted by Gasteiger charge is 2.24. The minimum absolute atomic E-state index is 0.0652. The molecule has 2 atom stereocenters. The van der Waals surface area contributed by atoms with E-state index in [-0.39, 0.29) is 6.04 Å². The summed E-state index contributed by atoms with van der Waals surface area (Å²) in [4.78, 5) is 2.20. The molecule has 0 amide bonds. The van der Waals surface area contributed by atoms with Crippen LogP contribution in [0.1, 0.15) is 24.4 Å². The molecular formula is C14H20Cl2N2O.